The summed E-state index contributed by atoms with van der Waals surface area (Å²) >= 11 is 0. The normalized spacial score (nSPS) is 16.5. The Morgan fingerprint density at radius 3 is 2.91 bits per heavy atom. The van der Waals surface area contributed by atoms with E-state index >= 15 is 0 Å². The summed E-state index contributed by atoms with van der Waals surface area (Å²) in [4.78, 5) is 4.23. The first-order chi connectivity index (χ1) is 11.3. The molecule has 1 aliphatic rings. The molecule has 1 aromatic heterocycles. The minimum Gasteiger partial charge on any atom is -0.381 e. The number of aliphatic imine (C=N–C) groups is 1. The first-order valence-electron chi connectivity index (χ1n) is 8.49. The van der Waals surface area contributed by atoms with Gasteiger partial charge in [0.15, 0.2) is 5.96 Å². The third kappa shape index (κ3) is 7.05. The SMILES string of the molecule is CN=C(NCCCOCC1CCOCC1)NCc1ccn(C)c1. The van der Waals surface area contributed by atoms with Crippen molar-refractivity contribution < 1.29 is 9.47 Å². The van der Waals surface area contributed by atoms with Gasteiger partial charge < -0.3 is 24.7 Å². The number of hydrogen-bond donors (Lipinski definition) is 2. The third-order valence-electron chi connectivity index (χ3n) is 4.03. The summed E-state index contributed by atoms with van der Waals surface area (Å²) in [5.74, 6) is 1.51. The third-order valence-corrected chi connectivity index (χ3v) is 4.03. The summed E-state index contributed by atoms with van der Waals surface area (Å²) in [7, 11) is 3.82. The van der Waals surface area contributed by atoms with Crippen molar-refractivity contribution in [1.82, 2.24) is 15.2 Å². The first kappa shape index (κ1) is 17.8. The lowest BCUT2D eigenvalue weighted by molar-refractivity contribution is 0.0203. The number of hydrogen-bond acceptors (Lipinski definition) is 3. The average Bonchev–Trinajstić information content (AvgIpc) is 3.00. The van der Waals surface area contributed by atoms with Crippen molar-refractivity contribution in [2.75, 3.05) is 40.0 Å². The highest BCUT2D eigenvalue weighted by Crippen LogP contribution is 2.14. The number of guanidine groups is 1. The van der Waals surface area contributed by atoms with Gasteiger partial charge in [0.2, 0.25) is 0 Å². The molecule has 6 heteroatoms. The summed E-state index contributed by atoms with van der Waals surface area (Å²) in [6.45, 7) is 5.07. The Morgan fingerprint density at radius 2 is 2.22 bits per heavy atom. The van der Waals surface area contributed by atoms with Crippen LogP contribution in [-0.2, 0) is 23.1 Å². The molecule has 2 heterocycles. The van der Waals surface area contributed by atoms with Crippen LogP contribution in [0.25, 0.3) is 0 Å². The van der Waals surface area contributed by atoms with Crippen LogP contribution in [-0.4, -0.2) is 50.5 Å². The predicted octanol–water partition coefficient (Wildman–Crippen LogP) is 1.52. The number of rotatable bonds is 8. The smallest absolute Gasteiger partial charge is 0.191 e. The zero-order valence-corrected chi connectivity index (χ0v) is 14.4. The maximum absolute atomic E-state index is 5.76. The maximum Gasteiger partial charge on any atom is 0.191 e. The fourth-order valence-electron chi connectivity index (χ4n) is 2.62. The molecular formula is C17H30N4O2. The first-order valence-corrected chi connectivity index (χ1v) is 8.49. The Hall–Kier alpha value is -1.53. The second-order valence-electron chi connectivity index (χ2n) is 6.02. The lowest BCUT2D eigenvalue weighted by Gasteiger charge is -2.21. The lowest BCUT2D eigenvalue weighted by atomic mass is 10.0. The summed E-state index contributed by atoms with van der Waals surface area (Å²) in [6, 6.07) is 2.10. The molecule has 0 unspecified atom stereocenters. The molecule has 0 amide bonds. The Labute approximate surface area is 139 Å². The number of nitrogens with zero attached hydrogens (tertiary/aromatic N) is 2. The van der Waals surface area contributed by atoms with Gasteiger partial charge in [0.1, 0.15) is 0 Å². The van der Waals surface area contributed by atoms with E-state index in [0.29, 0.717) is 5.92 Å². The van der Waals surface area contributed by atoms with Gasteiger partial charge in [-0.15, -0.1) is 0 Å². The van der Waals surface area contributed by atoms with Crippen LogP contribution < -0.4 is 10.6 Å². The fraction of sp³-hybridized carbons (Fsp3) is 0.706. The Kier molecular flexibility index (Phi) is 7.97. The van der Waals surface area contributed by atoms with E-state index in [0.717, 1.165) is 64.7 Å². The summed E-state index contributed by atoms with van der Waals surface area (Å²) in [5, 5.41) is 6.63. The van der Waals surface area contributed by atoms with Gasteiger partial charge in [-0.3, -0.25) is 4.99 Å². The number of nitrogens with one attached hydrogen (secondary N) is 2. The second-order valence-corrected chi connectivity index (χ2v) is 6.02. The van der Waals surface area contributed by atoms with Crippen molar-refractivity contribution in [2.45, 2.75) is 25.8 Å². The van der Waals surface area contributed by atoms with Crippen molar-refractivity contribution in [3.05, 3.63) is 24.0 Å². The van der Waals surface area contributed by atoms with Crippen molar-refractivity contribution in [3.63, 3.8) is 0 Å². The lowest BCUT2D eigenvalue weighted by Crippen LogP contribution is -2.37. The molecule has 6 nitrogen and oxygen atoms in total. The molecule has 0 radical (unpaired) electrons. The van der Waals surface area contributed by atoms with E-state index in [1.165, 1.54) is 5.56 Å². The van der Waals surface area contributed by atoms with Gasteiger partial charge in [0.05, 0.1) is 0 Å². The monoisotopic (exact) mass is 322 g/mol. The van der Waals surface area contributed by atoms with Gasteiger partial charge in [-0.05, 0) is 36.8 Å². The Bertz CT molecular complexity index is 467. The van der Waals surface area contributed by atoms with E-state index in [2.05, 4.69) is 27.9 Å². The van der Waals surface area contributed by atoms with E-state index in [1.807, 2.05) is 17.8 Å². The molecule has 0 aliphatic carbocycles. The van der Waals surface area contributed by atoms with Gasteiger partial charge in [-0.25, -0.2) is 0 Å². The van der Waals surface area contributed by atoms with E-state index < -0.39 is 0 Å². The van der Waals surface area contributed by atoms with Crippen molar-refractivity contribution in [3.8, 4) is 0 Å². The highest BCUT2D eigenvalue weighted by molar-refractivity contribution is 5.79. The van der Waals surface area contributed by atoms with E-state index in [-0.39, 0.29) is 0 Å². The molecule has 2 rings (SSSR count). The minimum absolute atomic E-state index is 0.678. The fourth-order valence-corrected chi connectivity index (χ4v) is 2.62. The summed E-state index contributed by atoms with van der Waals surface area (Å²) in [5.41, 5.74) is 1.25. The number of aromatic nitrogens is 1. The molecule has 23 heavy (non-hydrogen) atoms. The van der Waals surface area contributed by atoms with Crippen LogP contribution in [0.1, 0.15) is 24.8 Å². The van der Waals surface area contributed by atoms with Crippen LogP contribution in [0.15, 0.2) is 23.5 Å². The van der Waals surface area contributed by atoms with Crippen LogP contribution >= 0.6 is 0 Å². The van der Waals surface area contributed by atoms with E-state index in [4.69, 9.17) is 9.47 Å². The summed E-state index contributed by atoms with van der Waals surface area (Å²) < 4.78 is 13.2. The number of ether oxygens (including phenoxy) is 2. The van der Waals surface area contributed by atoms with Crippen LogP contribution in [0.2, 0.25) is 0 Å². The highest BCUT2D eigenvalue weighted by Gasteiger charge is 2.13. The molecule has 1 aromatic rings. The maximum atomic E-state index is 5.76. The largest absolute Gasteiger partial charge is 0.381 e. The van der Waals surface area contributed by atoms with Gasteiger partial charge >= 0.3 is 0 Å². The molecule has 1 fully saturated rings. The van der Waals surface area contributed by atoms with Gasteiger partial charge in [0.25, 0.3) is 0 Å². The van der Waals surface area contributed by atoms with E-state index in [1.54, 1.807) is 7.05 Å². The predicted molar refractivity (Wildman–Crippen MR) is 92.6 cm³/mol. The molecule has 2 N–H and O–H groups in total. The van der Waals surface area contributed by atoms with Gasteiger partial charge in [-0.2, -0.15) is 0 Å². The zero-order valence-electron chi connectivity index (χ0n) is 14.4. The minimum atomic E-state index is 0.678. The molecule has 0 bridgehead atoms. The molecule has 0 spiro atoms. The van der Waals surface area contributed by atoms with Gasteiger partial charge in [0, 0.05) is 66.0 Å². The van der Waals surface area contributed by atoms with Gasteiger partial charge in [-0.1, -0.05) is 0 Å². The second kappa shape index (κ2) is 10.3. The molecule has 130 valence electrons. The zero-order chi connectivity index (χ0) is 16.3. The van der Waals surface area contributed by atoms with Crippen molar-refractivity contribution in [2.24, 2.45) is 18.0 Å². The van der Waals surface area contributed by atoms with Crippen molar-refractivity contribution >= 4 is 5.96 Å². The average molecular weight is 322 g/mol. The highest BCUT2D eigenvalue weighted by atomic mass is 16.5. The van der Waals surface area contributed by atoms with Crippen LogP contribution in [0.5, 0.6) is 0 Å². The standard InChI is InChI=1S/C17H30N4O2/c1-18-17(20-12-16-4-8-21(2)13-16)19-7-3-9-23-14-15-5-10-22-11-6-15/h4,8,13,15H,3,5-7,9-12,14H2,1-2H3,(H2,18,19,20). The molecule has 1 aliphatic heterocycles. The molecule has 1 saturated heterocycles. The van der Waals surface area contributed by atoms with Crippen LogP contribution in [0.4, 0.5) is 0 Å². The molecular weight excluding hydrogens is 292 g/mol. The van der Waals surface area contributed by atoms with Crippen LogP contribution in [0.3, 0.4) is 0 Å². The van der Waals surface area contributed by atoms with Crippen LogP contribution in [0, 0.1) is 5.92 Å². The van der Waals surface area contributed by atoms with E-state index in [9.17, 15) is 0 Å². The molecule has 0 aromatic carbocycles. The quantitative estimate of drug-likeness (QED) is 0.433. The van der Waals surface area contributed by atoms with Crippen molar-refractivity contribution in [1.29, 1.82) is 0 Å². The molecule has 0 atom stereocenters. The molecule has 0 saturated carbocycles. The Balaban J connectivity index is 1.50. The topological polar surface area (TPSA) is 59.8 Å². The number of aryl methyl sites for hydroxylation is 1. The Morgan fingerprint density at radius 1 is 1.39 bits per heavy atom. The summed E-state index contributed by atoms with van der Waals surface area (Å²) in [6.07, 6.45) is 7.39.